The van der Waals surface area contributed by atoms with Crippen molar-refractivity contribution in [2.24, 2.45) is 5.92 Å². The average molecular weight is 341 g/mol. The highest BCUT2D eigenvalue weighted by Crippen LogP contribution is 2.24. The van der Waals surface area contributed by atoms with Crippen molar-refractivity contribution in [2.45, 2.75) is 25.3 Å². The van der Waals surface area contributed by atoms with Crippen LogP contribution in [-0.4, -0.2) is 35.6 Å². The lowest BCUT2D eigenvalue weighted by atomic mass is 10.00. The van der Waals surface area contributed by atoms with Gasteiger partial charge >= 0.3 is 0 Å². The molecule has 0 amide bonds. The number of aromatic nitrogens is 2. The summed E-state index contributed by atoms with van der Waals surface area (Å²) in [6.07, 6.45) is 5.91. The molecule has 2 atom stereocenters. The summed E-state index contributed by atoms with van der Waals surface area (Å²) in [6, 6.07) is 8.71. The van der Waals surface area contributed by atoms with Crippen LogP contribution in [0, 0.1) is 5.92 Å². The second-order valence-corrected chi connectivity index (χ2v) is 6.02. The molecule has 2 aliphatic heterocycles. The number of fused-ring (bicyclic) bond motifs is 4. The molecule has 120 valence electrons. The molecule has 0 radical (unpaired) electrons. The van der Waals surface area contributed by atoms with Crippen LogP contribution in [0.1, 0.15) is 19.3 Å². The van der Waals surface area contributed by atoms with Gasteiger partial charge < -0.3 is 10.2 Å². The van der Waals surface area contributed by atoms with Crippen LogP contribution in [0.5, 0.6) is 0 Å². The second kappa shape index (κ2) is 7.44. The van der Waals surface area contributed by atoms with Crippen LogP contribution in [0.15, 0.2) is 30.5 Å². The molecule has 3 heterocycles. The molecule has 2 aromatic rings. The van der Waals surface area contributed by atoms with Crippen LogP contribution >= 0.6 is 24.8 Å². The van der Waals surface area contributed by atoms with Gasteiger partial charge in [-0.25, -0.2) is 4.98 Å². The first kappa shape index (κ1) is 17.3. The predicted molar refractivity (Wildman–Crippen MR) is 95.4 cm³/mol. The largest absolute Gasteiger partial charge is 0.353 e. The van der Waals surface area contributed by atoms with E-state index in [1.807, 2.05) is 30.5 Å². The van der Waals surface area contributed by atoms with E-state index in [2.05, 4.69) is 15.2 Å². The Morgan fingerprint density at radius 3 is 2.73 bits per heavy atom. The van der Waals surface area contributed by atoms with E-state index in [1.54, 1.807) is 0 Å². The normalized spacial score (nSPS) is 24.1. The standard InChI is InChI=1S/C16H20N4.2ClH/c1-2-7-15-14(6-1)18-9-16(19-15)20-10-12-4-3-5-13(11-20)17-8-12;;/h1-2,6-7,9,12-13,17H,3-5,8,10-11H2;2*1H/t12-,13-;;/m0../s1. The van der Waals surface area contributed by atoms with Crippen molar-refractivity contribution in [1.82, 2.24) is 15.3 Å². The number of benzene rings is 1. The summed E-state index contributed by atoms with van der Waals surface area (Å²) in [6.45, 7) is 3.32. The third-order valence-corrected chi connectivity index (χ3v) is 4.54. The van der Waals surface area contributed by atoms with Crippen LogP contribution in [0.3, 0.4) is 0 Å². The van der Waals surface area contributed by atoms with Crippen LogP contribution in [0.25, 0.3) is 11.0 Å². The van der Waals surface area contributed by atoms with E-state index < -0.39 is 0 Å². The monoisotopic (exact) mass is 340 g/mol. The molecule has 0 unspecified atom stereocenters. The highest BCUT2D eigenvalue weighted by molar-refractivity contribution is 5.85. The Kier molecular flexibility index (Phi) is 5.84. The van der Waals surface area contributed by atoms with Crippen molar-refractivity contribution in [2.75, 3.05) is 24.5 Å². The molecule has 2 bridgehead atoms. The van der Waals surface area contributed by atoms with Gasteiger partial charge in [-0.05, 0) is 37.4 Å². The van der Waals surface area contributed by atoms with Crippen molar-refractivity contribution in [1.29, 1.82) is 0 Å². The summed E-state index contributed by atoms with van der Waals surface area (Å²) in [7, 11) is 0. The molecule has 0 aliphatic carbocycles. The first-order chi connectivity index (χ1) is 9.88. The predicted octanol–water partition coefficient (Wildman–Crippen LogP) is 3.05. The van der Waals surface area contributed by atoms with Crippen LogP contribution in [-0.2, 0) is 0 Å². The van der Waals surface area contributed by atoms with Gasteiger partial charge in [0.2, 0.25) is 0 Å². The summed E-state index contributed by atoms with van der Waals surface area (Å²) >= 11 is 0. The smallest absolute Gasteiger partial charge is 0.147 e. The van der Waals surface area contributed by atoms with E-state index in [1.165, 1.54) is 19.3 Å². The first-order valence-electron chi connectivity index (χ1n) is 7.58. The molecule has 4 nitrogen and oxygen atoms in total. The number of halogens is 2. The number of hydrogen-bond acceptors (Lipinski definition) is 4. The Labute approximate surface area is 143 Å². The molecule has 0 spiro atoms. The summed E-state index contributed by atoms with van der Waals surface area (Å²) in [5.41, 5.74) is 1.97. The van der Waals surface area contributed by atoms with Crippen LogP contribution in [0.2, 0.25) is 0 Å². The van der Waals surface area contributed by atoms with E-state index in [9.17, 15) is 0 Å². The van der Waals surface area contributed by atoms with Gasteiger partial charge in [0.05, 0.1) is 17.2 Å². The minimum absolute atomic E-state index is 0. The average Bonchev–Trinajstić information content (AvgIpc) is 2.81. The Bertz CT molecular complexity index is 608. The molecule has 1 aromatic heterocycles. The van der Waals surface area contributed by atoms with Gasteiger partial charge in [0.15, 0.2) is 0 Å². The van der Waals surface area contributed by atoms with E-state index in [0.29, 0.717) is 6.04 Å². The van der Waals surface area contributed by atoms with Crippen molar-refractivity contribution in [3.63, 3.8) is 0 Å². The van der Waals surface area contributed by atoms with Gasteiger partial charge in [-0.2, -0.15) is 0 Å². The van der Waals surface area contributed by atoms with Gasteiger partial charge in [-0.1, -0.05) is 18.6 Å². The Hall–Kier alpha value is -1.10. The number of rotatable bonds is 1. The number of para-hydroxylation sites is 2. The summed E-state index contributed by atoms with van der Waals surface area (Å²) in [5, 5.41) is 3.69. The molecule has 2 aliphatic rings. The van der Waals surface area contributed by atoms with Gasteiger partial charge in [0.25, 0.3) is 0 Å². The van der Waals surface area contributed by atoms with Crippen molar-refractivity contribution in [3.05, 3.63) is 30.5 Å². The van der Waals surface area contributed by atoms with Crippen molar-refractivity contribution < 1.29 is 0 Å². The second-order valence-electron chi connectivity index (χ2n) is 6.02. The third kappa shape index (κ3) is 3.45. The lowest BCUT2D eigenvalue weighted by molar-refractivity contribution is 0.477. The fraction of sp³-hybridized carbons (Fsp3) is 0.500. The molecule has 4 rings (SSSR count). The number of nitrogens with zero attached hydrogens (tertiary/aromatic N) is 3. The van der Waals surface area contributed by atoms with E-state index in [0.717, 1.165) is 42.4 Å². The SMILES string of the molecule is Cl.Cl.c1ccc2nc(N3C[C@H]4CCC[C@@H](C3)NC4)cnc2c1. The zero-order valence-corrected chi connectivity index (χ0v) is 14.1. The minimum Gasteiger partial charge on any atom is -0.353 e. The van der Waals surface area contributed by atoms with Gasteiger partial charge in [-0.3, -0.25) is 4.98 Å². The number of anilines is 1. The highest BCUT2D eigenvalue weighted by Gasteiger charge is 2.27. The highest BCUT2D eigenvalue weighted by atomic mass is 35.5. The fourth-order valence-corrected chi connectivity index (χ4v) is 3.44. The molecule has 2 saturated heterocycles. The maximum Gasteiger partial charge on any atom is 0.147 e. The summed E-state index contributed by atoms with van der Waals surface area (Å²) in [4.78, 5) is 11.8. The molecular weight excluding hydrogens is 319 g/mol. The maximum atomic E-state index is 4.80. The third-order valence-electron chi connectivity index (χ3n) is 4.54. The molecule has 6 heteroatoms. The maximum absolute atomic E-state index is 4.80. The molecule has 22 heavy (non-hydrogen) atoms. The van der Waals surface area contributed by atoms with E-state index in [-0.39, 0.29) is 24.8 Å². The van der Waals surface area contributed by atoms with Gasteiger partial charge in [-0.15, -0.1) is 24.8 Å². The molecular formula is C16H22Cl2N4. The molecule has 1 N–H and O–H groups in total. The lowest BCUT2D eigenvalue weighted by Gasteiger charge is -2.29. The van der Waals surface area contributed by atoms with E-state index in [4.69, 9.17) is 4.98 Å². The molecule has 1 aromatic carbocycles. The van der Waals surface area contributed by atoms with E-state index >= 15 is 0 Å². The first-order valence-corrected chi connectivity index (χ1v) is 7.58. The van der Waals surface area contributed by atoms with Crippen molar-refractivity contribution in [3.8, 4) is 0 Å². The quantitative estimate of drug-likeness (QED) is 0.866. The van der Waals surface area contributed by atoms with Crippen molar-refractivity contribution >= 4 is 41.7 Å². The Morgan fingerprint density at radius 2 is 1.86 bits per heavy atom. The zero-order chi connectivity index (χ0) is 13.4. The van der Waals surface area contributed by atoms with Gasteiger partial charge in [0.1, 0.15) is 5.82 Å². The van der Waals surface area contributed by atoms with Crippen LogP contribution in [0.4, 0.5) is 5.82 Å². The van der Waals surface area contributed by atoms with Crippen LogP contribution < -0.4 is 10.2 Å². The number of nitrogens with one attached hydrogen (secondary N) is 1. The fourth-order valence-electron chi connectivity index (χ4n) is 3.44. The lowest BCUT2D eigenvalue weighted by Crippen LogP contribution is -2.38. The summed E-state index contributed by atoms with van der Waals surface area (Å²) < 4.78 is 0. The summed E-state index contributed by atoms with van der Waals surface area (Å²) in [5.74, 6) is 1.78. The Balaban J connectivity index is 0.000000882. The zero-order valence-electron chi connectivity index (χ0n) is 12.4. The minimum atomic E-state index is 0. The topological polar surface area (TPSA) is 41.1 Å². The molecule has 0 saturated carbocycles. The number of hydrogen-bond donors (Lipinski definition) is 1. The van der Waals surface area contributed by atoms with Gasteiger partial charge in [0, 0.05) is 19.1 Å². The molecule has 2 fully saturated rings. The Morgan fingerprint density at radius 1 is 1.05 bits per heavy atom.